The van der Waals surface area contributed by atoms with E-state index in [9.17, 15) is 19.2 Å². The first-order chi connectivity index (χ1) is 20.0. The quantitative estimate of drug-likeness (QED) is 0.153. The van der Waals surface area contributed by atoms with Gasteiger partial charge in [-0.2, -0.15) is 0 Å². The van der Waals surface area contributed by atoms with Gasteiger partial charge in [0, 0.05) is 11.1 Å². The lowest BCUT2D eigenvalue weighted by Crippen LogP contribution is -3.00. The molecule has 1 aliphatic rings. The van der Waals surface area contributed by atoms with Crippen LogP contribution in [0, 0.1) is 0 Å². The Balaban J connectivity index is 0.00000484. The number of benzene rings is 2. The van der Waals surface area contributed by atoms with Gasteiger partial charge in [-0.15, -0.1) is 0 Å². The zero-order chi connectivity index (χ0) is 30.9. The molecule has 10 heteroatoms. The van der Waals surface area contributed by atoms with Gasteiger partial charge in [-0.3, -0.25) is 19.2 Å². The SMILES string of the molecule is CCC[N+](C)(CCC)CCC(=O)Nc1ccc(NC(=O)CC[N+](C)(CCC)CCC)c2c1C(=O)c1ccccc1C2=O.[I-].[I-]. The second kappa shape index (κ2) is 18.3. The van der Waals surface area contributed by atoms with Crippen LogP contribution in [0.2, 0.25) is 0 Å². The zero-order valence-electron chi connectivity index (χ0n) is 27.2. The Hall–Kier alpha value is -1.90. The van der Waals surface area contributed by atoms with Gasteiger partial charge in [-0.05, 0) is 37.8 Å². The molecule has 2 aromatic carbocycles. The Labute approximate surface area is 297 Å². The van der Waals surface area contributed by atoms with Crippen molar-refractivity contribution in [2.75, 3.05) is 64.0 Å². The number of carbonyl (C=O) groups is 4. The fourth-order valence-electron chi connectivity index (χ4n) is 6.43. The van der Waals surface area contributed by atoms with Crippen molar-refractivity contribution in [2.24, 2.45) is 0 Å². The monoisotopic (exact) mass is 832 g/mol. The minimum absolute atomic E-state index is 0. The highest BCUT2D eigenvalue weighted by atomic mass is 127. The normalized spacial score (nSPS) is 12.4. The number of nitrogens with one attached hydrogen (secondary N) is 2. The molecule has 0 bridgehead atoms. The van der Waals surface area contributed by atoms with Gasteiger partial charge in [0.15, 0.2) is 11.6 Å². The highest BCUT2D eigenvalue weighted by Gasteiger charge is 2.35. The van der Waals surface area contributed by atoms with Crippen LogP contribution < -0.4 is 58.6 Å². The van der Waals surface area contributed by atoms with E-state index in [1.807, 2.05) is 0 Å². The van der Waals surface area contributed by atoms with Crippen molar-refractivity contribution in [2.45, 2.75) is 66.2 Å². The first-order valence-corrected chi connectivity index (χ1v) is 15.6. The lowest BCUT2D eigenvalue weighted by atomic mass is 9.82. The first-order valence-electron chi connectivity index (χ1n) is 15.6. The van der Waals surface area contributed by atoms with Crippen molar-refractivity contribution in [3.05, 3.63) is 58.7 Å². The molecule has 0 unspecified atom stereocenters. The van der Waals surface area contributed by atoms with E-state index >= 15 is 0 Å². The van der Waals surface area contributed by atoms with Gasteiger partial charge < -0.3 is 67.6 Å². The van der Waals surface area contributed by atoms with E-state index in [4.69, 9.17) is 0 Å². The number of hydrogen-bond donors (Lipinski definition) is 2. The number of halogens is 2. The first kappa shape index (κ1) is 40.1. The molecule has 2 aromatic rings. The lowest BCUT2D eigenvalue weighted by Gasteiger charge is -2.34. The minimum atomic E-state index is -0.334. The van der Waals surface area contributed by atoms with Crippen LogP contribution in [0.15, 0.2) is 36.4 Å². The second-order valence-electron chi connectivity index (χ2n) is 12.3. The largest absolute Gasteiger partial charge is 1.00 e. The molecule has 0 fully saturated rings. The molecule has 0 atom stereocenters. The van der Waals surface area contributed by atoms with E-state index in [1.165, 1.54) is 0 Å². The summed E-state index contributed by atoms with van der Waals surface area (Å²) >= 11 is 0. The Morgan fingerprint density at radius 2 is 0.886 bits per heavy atom. The van der Waals surface area contributed by atoms with Gasteiger partial charge in [-0.25, -0.2) is 0 Å². The summed E-state index contributed by atoms with van der Waals surface area (Å²) in [6.07, 6.45) is 4.73. The summed E-state index contributed by atoms with van der Waals surface area (Å²) in [5, 5.41) is 5.85. The van der Waals surface area contributed by atoms with Gasteiger partial charge >= 0.3 is 0 Å². The zero-order valence-corrected chi connectivity index (χ0v) is 31.5. The van der Waals surface area contributed by atoms with E-state index < -0.39 is 0 Å². The second-order valence-corrected chi connectivity index (χ2v) is 12.3. The minimum Gasteiger partial charge on any atom is -1.00 e. The van der Waals surface area contributed by atoms with Gasteiger partial charge in [-0.1, -0.05) is 52.0 Å². The number of fused-ring (bicyclic) bond motifs is 2. The third-order valence-electron chi connectivity index (χ3n) is 8.44. The van der Waals surface area contributed by atoms with E-state index in [-0.39, 0.29) is 82.5 Å². The Kier molecular flexibility index (Phi) is 16.7. The summed E-state index contributed by atoms with van der Waals surface area (Å²) in [5.74, 6) is -1.07. The summed E-state index contributed by atoms with van der Waals surface area (Å²) in [4.78, 5) is 53.8. The number of ketones is 2. The molecule has 2 N–H and O–H groups in total. The van der Waals surface area contributed by atoms with Crippen LogP contribution in [0.4, 0.5) is 11.4 Å². The Morgan fingerprint density at radius 1 is 0.568 bits per heavy atom. The lowest BCUT2D eigenvalue weighted by molar-refractivity contribution is -0.909. The van der Waals surface area contributed by atoms with Crippen LogP contribution in [0.25, 0.3) is 0 Å². The molecule has 44 heavy (non-hydrogen) atoms. The van der Waals surface area contributed by atoms with Crippen molar-refractivity contribution in [3.8, 4) is 0 Å². The molecule has 0 radical (unpaired) electrons. The summed E-state index contributed by atoms with van der Waals surface area (Å²) in [7, 11) is 4.34. The van der Waals surface area contributed by atoms with E-state index in [0.29, 0.717) is 48.4 Å². The molecule has 0 heterocycles. The Bertz CT molecular complexity index is 1200. The average Bonchev–Trinajstić information content (AvgIpc) is 2.95. The highest BCUT2D eigenvalue weighted by molar-refractivity contribution is 6.32. The van der Waals surface area contributed by atoms with Gasteiger partial charge in [0.05, 0.1) is 88.7 Å². The van der Waals surface area contributed by atoms with E-state index in [0.717, 1.165) is 60.8 Å². The van der Waals surface area contributed by atoms with E-state index in [1.54, 1.807) is 36.4 Å². The fraction of sp³-hybridized carbons (Fsp3) is 0.529. The van der Waals surface area contributed by atoms with Crippen LogP contribution in [-0.2, 0) is 9.59 Å². The molecule has 2 amide bonds. The van der Waals surface area contributed by atoms with Crippen molar-refractivity contribution >= 4 is 34.8 Å². The molecule has 0 saturated carbocycles. The molecular weight excluding hydrogens is 782 g/mol. The molecule has 3 rings (SSSR count). The number of hydrogen-bond acceptors (Lipinski definition) is 4. The van der Waals surface area contributed by atoms with Crippen LogP contribution in [-0.4, -0.2) is 85.7 Å². The molecule has 0 aliphatic heterocycles. The van der Waals surface area contributed by atoms with Crippen molar-refractivity contribution in [1.82, 2.24) is 0 Å². The molecule has 8 nitrogen and oxygen atoms in total. The maximum absolute atomic E-state index is 13.8. The summed E-state index contributed by atoms with van der Waals surface area (Å²) in [5.41, 5.74) is 1.49. The number of anilines is 2. The van der Waals surface area contributed by atoms with Gasteiger partial charge in [0.2, 0.25) is 11.8 Å². The standard InChI is InChI=1S/C34H48N4O4.2HI/c1-7-19-37(5,20-8-2)23-17-29(39)35-27-15-16-28(36-30(40)18-24-38(6,21-9-3)22-10-4)32-31(27)33(41)25-13-11-12-14-26(25)34(32)42;;/h11-16H,7-10,17-24H2,1-6H3;2*1H. The van der Waals surface area contributed by atoms with E-state index in [2.05, 4.69) is 52.4 Å². The topological polar surface area (TPSA) is 92.3 Å². The molecular formula is C34H50I2N4O4. The van der Waals surface area contributed by atoms with Crippen LogP contribution in [0.5, 0.6) is 0 Å². The smallest absolute Gasteiger partial charge is 0.230 e. The predicted octanol–water partition coefficient (Wildman–Crippen LogP) is -0.340. The number of nitrogens with zero attached hydrogens (tertiary/aromatic N) is 2. The van der Waals surface area contributed by atoms with Crippen molar-refractivity contribution in [1.29, 1.82) is 0 Å². The Morgan fingerprint density at radius 3 is 1.18 bits per heavy atom. The number of carbonyl (C=O) groups excluding carboxylic acids is 4. The maximum atomic E-state index is 13.8. The number of rotatable bonds is 16. The van der Waals surface area contributed by atoms with Gasteiger partial charge in [0.25, 0.3) is 0 Å². The van der Waals surface area contributed by atoms with Gasteiger partial charge in [0.1, 0.15) is 0 Å². The molecule has 244 valence electrons. The molecule has 0 aromatic heterocycles. The predicted molar refractivity (Wildman–Crippen MR) is 169 cm³/mol. The maximum Gasteiger partial charge on any atom is 0.230 e. The van der Waals surface area contributed by atoms with Crippen molar-refractivity contribution in [3.63, 3.8) is 0 Å². The van der Waals surface area contributed by atoms with Crippen LogP contribution in [0.1, 0.15) is 98.1 Å². The molecule has 0 saturated heterocycles. The third-order valence-corrected chi connectivity index (χ3v) is 8.44. The van der Waals surface area contributed by atoms with Crippen LogP contribution >= 0.6 is 0 Å². The summed E-state index contributed by atoms with van der Waals surface area (Å²) in [6.45, 7) is 13.9. The third kappa shape index (κ3) is 10.1. The number of amides is 2. The van der Waals surface area contributed by atoms with Crippen molar-refractivity contribution < 1.29 is 76.1 Å². The molecule has 0 spiro atoms. The molecule has 1 aliphatic carbocycles. The fourth-order valence-corrected chi connectivity index (χ4v) is 6.43. The average molecular weight is 833 g/mol. The summed E-state index contributed by atoms with van der Waals surface area (Å²) in [6, 6.07) is 9.97. The summed E-state index contributed by atoms with van der Waals surface area (Å²) < 4.78 is 1.62. The highest BCUT2D eigenvalue weighted by Crippen LogP contribution is 2.36. The number of quaternary nitrogens is 2. The van der Waals surface area contributed by atoms with Crippen LogP contribution in [0.3, 0.4) is 0 Å².